The number of hydrogen-bond acceptors (Lipinski definition) is 4. The molecule has 0 aromatic heterocycles. The Hall–Kier alpha value is -1.56. The zero-order chi connectivity index (χ0) is 15.9. The molecular weight excluding hydrogens is 370 g/mol. The minimum Gasteiger partial charge on any atom is -0.490 e. The van der Waals surface area contributed by atoms with Crippen molar-refractivity contribution in [3.05, 3.63) is 60.2 Å². The predicted molar refractivity (Wildman–Crippen MR) is 100 cm³/mol. The molecule has 0 aliphatic carbocycles. The summed E-state index contributed by atoms with van der Waals surface area (Å²) in [5, 5.41) is 3.37. The molecule has 1 aliphatic rings. The molecule has 1 aliphatic heterocycles. The summed E-state index contributed by atoms with van der Waals surface area (Å²) in [5.74, 6) is 1.51. The highest BCUT2D eigenvalue weighted by atomic mass is 79.9. The Bertz CT molecular complexity index is 603. The first-order valence-electron chi connectivity index (χ1n) is 8.14. The second-order valence-electron chi connectivity index (χ2n) is 5.44. The molecule has 2 unspecified atom stereocenters. The number of halogens is 1. The van der Waals surface area contributed by atoms with Gasteiger partial charge in [-0.15, -0.1) is 17.0 Å². The number of para-hydroxylation sites is 2. The first-order valence-corrected chi connectivity index (χ1v) is 8.14. The van der Waals surface area contributed by atoms with Crippen molar-refractivity contribution in [2.45, 2.75) is 19.1 Å². The van der Waals surface area contributed by atoms with Crippen LogP contribution < -0.4 is 14.8 Å². The van der Waals surface area contributed by atoms with E-state index in [1.54, 1.807) is 0 Å². The van der Waals surface area contributed by atoms with Crippen LogP contribution in [0.3, 0.4) is 0 Å². The van der Waals surface area contributed by atoms with Gasteiger partial charge in [0.05, 0.1) is 13.2 Å². The molecule has 4 nitrogen and oxygen atoms in total. The standard InChI is InChI=1S/C19H23NO3.BrH/c1-2-21-16-10-6-7-11-17(16)23-19(15-8-4-3-5-9-15)18-14-20-12-13-22-18;/h3-11,18-20H,2,12-14H2,1H3;1H. The normalized spacial score (nSPS) is 18.3. The summed E-state index contributed by atoms with van der Waals surface area (Å²) in [6.07, 6.45) is -0.202. The molecule has 0 radical (unpaired) electrons. The average molecular weight is 394 g/mol. The van der Waals surface area contributed by atoms with Gasteiger partial charge in [0, 0.05) is 13.1 Å². The van der Waals surface area contributed by atoms with Crippen LogP contribution >= 0.6 is 17.0 Å². The van der Waals surface area contributed by atoms with E-state index < -0.39 is 0 Å². The fourth-order valence-electron chi connectivity index (χ4n) is 2.74. The number of morpholine rings is 1. The van der Waals surface area contributed by atoms with Crippen LogP contribution in [0, 0.1) is 0 Å². The van der Waals surface area contributed by atoms with E-state index in [0.29, 0.717) is 13.2 Å². The molecule has 1 heterocycles. The van der Waals surface area contributed by atoms with Gasteiger partial charge in [0.25, 0.3) is 0 Å². The monoisotopic (exact) mass is 393 g/mol. The van der Waals surface area contributed by atoms with Gasteiger partial charge in [-0.05, 0) is 24.6 Å². The van der Waals surface area contributed by atoms with Gasteiger partial charge in [-0.1, -0.05) is 42.5 Å². The van der Waals surface area contributed by atoms with Crippen LogP contribution in [0.15, 0.2) is 54.6 Å². The zero-order valence-electron chi connectivity index (χ0n) is 13.8. The first kappa shape index (κ1) is 18.8. The quantitative estimate of drug-likeness (QED) is 0.810. The van der Waals surface area contributed by atoms with Gasteiger partial charge >= 0.3 is 0 Å². The minimum absolute atomic E-state index is 0. The highest BCUT2D eigenvalue weighted by molar-refractivity contribution is 8.93. The molecular formula is C19H24BrNO3. The molecule has 24 heavy (non-hydrogen) atoms. The largest absolute Gasteiger partial charge is 0.490 e. The number of nitrogens with one attached hydrogen (secondary N) is 1. The molecule has 2 aromatic carbocycles. The lowest BCUT2D eigenvalue weighted by atomic mass is 10.0. The van der Waals surface area contributed by atoms with Crippen LogP contribution in [0.2, 0.25) is 0 Å². The number of ether oxygens (including phenoxy) is 3. The van der Waals surface area contributed by atoms with E-state index in [1.165, 1.54) is 0 Å². The minimum atomic E-state index is -0.175. The lowest BCUT2D eigenvalue weighted by molar-refractivity contribution is -0.0439. The Balaban J connectivity index is 0.00000208. The molecule has 2 atom stereocenters. The van der Waals surface area contributed by atoms with Crippen LogP contribution in [0.5, 0.6) is 11.5 Å². The molecule has 130 valence electrons. The molecule has 1 saturated heterocycles. The van der Waals surface area contributed by atoms with Crippen molar-refractivity contribution in [1.82, 2.24) is 5.32 Å². The van der Waals surface area contributed by atoms with Gasteiger partial charge in [0.2, 0.25) is 0 Å². The highest BCUT2D eigenvalue weighted by Gasteiger charge is 2.28. The van der Waals surface area contributed by atoms with E-state index >= 15 is 0 Å². The van der Waals surface area contributed by atoms with E-state index in [-0.39, 0.29) is 29.2 Å². The van der Waals surface area contributed by atoms with Gasteiger partial charge in [0.15, 0.2) is 17.6 Å². The summed E-state index contributed by atoms with van der Waals surface area (Å²) in [4.78, 5) is 0. The third kappa shape index (κ3) is 4.72. The van der Waals surface area contributed by atoms with Crippen LogP contribution in [0.25, 0.3) is 0 Å². The third-order valence-electron chi connectivity index (χ3n) is 3.83. The van der Waals surface area contributed by atoms with Crippen molar-refractivity contribution in [3.8, 4) is 11.5 Å². The Labute approximate surface area is 153 Å². The van der Waals surface area contributed by atoms with Crippen molar-refractivity contribution >= 4 is 17.0 Å². The number of hydrogen-bond donors (Lipinski definition) is 1. The van der Waals surface area contributed by atoms with Gasteiger partial charge in [0.1, 0.15) is 6.10 Å². The topological polar surface area (TPSA) is 39.7 Å². The lowest BCUT2D eigenvalue weighted by Gasteiger charge is -2.32. The molecule has 0 bridgehead atoms. The van der Waals surface area contributed by atoms with E-state index in [1.807, 2.05) is 49.4 Å². The second-order valence-corrected chi connectivity index (χ2v) is 5.44. The van der Waals surface area contributed by atoms with Crippen molar-refractivity contribution in [2.24, 2.45) is 0 Å². The summed E-state index contributed by atoms with van der Waals surface area (Å²) in [6.45, 7) is 4.94. The predicted octanol–water partition coefficient (Wildman–Crippen LogP) is 3.77. The SMILES string of the molecule is Br.CCOc1ccccc1OC(c1ccccc1)C1CNCCO1. The summed E-state index contributed by atoms with van der Waals surface area (Å²) in [6, 6.07) is 18.0. The van der Waals surface area contributed by atoms with Gasteiger partial charge in [-0.25, -0.2) is 0 Å². The summed E-state index contributed by atoms with van der Waals surface area (Å²) >= 11 is 0. The maximum atomic E-state index is 6.33. The van der Waals surface area contributed by atoms with Crippen LogP contribution in [0.1, 0.15) is 18.6 Å². The van der Waals surface area contributed by atoms with Crippen LogP contribution in [-0.4, -0.2) is 32.4 Å². The van der Waals surface area contributed by atoms with E-state index in [4.69, 9.17) is 14.2 Å². The van der Waals surface area contributed by atoms with Crippen molar-refractivity contribution < 1.29 is 14.2 Å². The Morgan fingerprint density at radius 1 is 1.08 bits per heavy atom. The molecule has 1 N–H and O–H groups in total. The molecule has 0 saturated carbocycles. The molecule has 3 rings (SSSR count). The lowest BCUT2D eigenvalue weighted by Crippen LogP contribution is -2.43. The maximum Gasteiger partial charge on any atom is 0.162 e. The first-order chi connectivity index (χ1) is 11.4. The molecule has 2 aromatic rings. The van der Waals surface area contributed by atoms with E-state index in [2.05, 4.69) is 17.4 Å². The maximum absolute atomic E-state index is 6.33. The summed E-state index contributed by atoms with van der Waals surface area (Å²) in [5.41, 5.74) is 1.10. The smallest absolute Gasteiger partial charge is 0.162 e. The van der Waals surface area contributed by atoms with E-state index in [0.717, 1.165) is 30.2 Å². The zero-order valence-corrected chi connectivity index (χ0v) is 15.5. The van der Waals surface area contributed by atoms with Crippen LogP contribution in [-0.2, 0) is 4.74 Å². The molecule has 1 fully saturated rings. The Morgan fingerprint density at radius 3 is 2.46 bits per heavy atom. The Kier molecular flexibility index (Phi) is 7.56. The van der Waals surface area contributed by atoms with Gasteiger partial charge < -0.3 is 19.5 Å². The molecule has 0 spiro atoms. The third-order valence-corrected chi connectivity index (χ3v) is 3.83. The van der Waals surface area contributed by atoms with Gasteiger partial charge in [-0.2, -0.15) is 0 Å². The average Bonchev–Trinajstić information content (AvgIpc) is 2.63. The fraction of sp³-hybridized carbons (Fsp3) is 0.368. The van der Waals surface area contributed by atoms with Gasteiger partial charge in [-0.3, -0.25) is 0 Å². The highest BCUT2D eigenvalue weighted by Crippen LogP contribution is 2.33. The Morgan fingerprint density at radius 2 is 1.79 bits per heavy atom. The molecule has 5 heteroatoms. The van der Waals surface area contributed by atoms with Crippen LogP contribution in [0.4, 0.5) is 0 Å². The number of rotatable bonds is 6. The van der Waals surface area contributed by atoms with Crippen molar-refractivity contribution in [2.75, 3.05) is 26.3 Å². The van der Waals surface area contributed by atoms with E-state index in [9.17, 15) is 0 Å². The summed E-state index contributed by atoms with van der Waals surface area (Å²) in [7, 11) is 0. The number of benzene rings is 2. The molecule has 0 amide bonds. The summed E-state index contributed by atoms with van der Waals surface area (Å²) < 4.78 is 18.0. The second kappa shape index (κ2) is 9.67. The van der Waals surface area contributed by atoms with Crippen molar-refractivity contribution in [1.29, 1.82) is 0 Å². The van der Waals surface area contributed by atoms with Crippen molar-refractivity contribution in [3.63, 3.8) is 0 Å². The fourth-order valence-corrected chi connectivity index (χ4v) is 2.74.